The minimum absolute atomic E-state index is 0.0516. The molecule has 0 radical (unpaired) electrons. The Morgan fingerprint density at radius 1 is 1.30 bits per heavy atom. The lowest BCUT2D eigenvalue weighted by Crippen LogP contribution is -2.48. The molecule has 1 aliphatic rings. The summed E-state index contributed by atoms with van der Waals surface area (Å²) < 4.78 is 31.6. The van der Waals surface area contributed by atoms with Gasteiger partial charge in [-0.2, -0.15) is 0 Å². The summed E-state index contributed by atoms with van der Waals surface area (Å²) in [6.45, 7) is 2.41. The second kappa shape index (κ2) is 6.98. The fourth-order valence-electron chi connectivity index (χ4n) is 2.95. The molecule has 0 bridgehead atoms. The molecule has 0 spiro atoms. The van der Waals surface area contributed by atoms with Crippen molar-refractivity contribution >= 4 is 16.0 Å². The number of aliphatic carboxylic acids is 1. The highest BCUT2D eigenvalue weighted by molar-refractivity contribution is 7.88. The standard InChI is InChI=1S/C16H23NO5S/c1-13-5-3-4-6-14(13)11-23(20,21)17-9-7-16(8-10-17,12-22-2)15(18)19/h3-6H,7-12H2,1-2H3,(H,18,19). The topological polar surface area (TPSA) is 83.9 Å². The van der Waals surface area contributed by atoms with Crippen molar-refractivity contribution in [2.75, 3.05) is 26.8 Å². The highest BCUT2D eigenvalue weighted by Gasteiger charge is 2.43. The second-order valence-corrected chi connectivity index (χ2v) is 8.07. The zero-order chi connectivity index (χ0) is 17.1. The molecular weight excluding hydrogens is 318 g/mol. The predicted octanol–water partition coefficient (Wildman–Crippen LogP) is 1.64. The van der Waals surface area contributed by atoms with Crippen LogP contribution in [0.3, 0.4) is 0 Å². The lowest BCUT2D eigenvalue weighted by molar-refractivity contribution is -0.155. The zero-order valence-corrected chi connectivity index (χ0v) is 14.3. The molecule has 1 aromatic rings. The number of nitrogens with zero attached hydrogens (tertiary/aromatic N) is 1. The first kappa shape index (κ1) is 17.9. The summed E-state index contributed by atoms with van der Waals surface area (Å²) in [5, 5.41) is 9.43. The molecule has 1 saturated heterocycles. The number of rotatable bonds is 6. The highest BCUT2D eigenvalue weighted by Crippen LogP contribution is 2.33. The molecule has 128 valence electrons. The lowest BCUT2D eigenvalue weighted by atomic mass is 9.80. The predicted molar refractivity (Wildman–Crippen MR) is 86.6 cm³/mol. The number of hydrogen-bond donors (Lipinski definition) is 1. The Labute approximate surface area is 137 Å². The van der Waals surface area contributed by atoms with Gasteiger partial charge in [0, 0.05) is 20.2 Å². The van der Waals surface area contributed by atoms with E-state index >= 15 is 0 Å². The maximum Gasteiger partial charge on any atom is 0.312 e. The smallest absolute Gasteiger partial charge is 0.312 e. The van der Waals surface area contributed by atoms with E-state index in [0.717, 1.165) is 11.1 Å². The molecule has 1 fully saturated rings. The summed E-state index contributed by atoms with van der Waals surface area (Å²) in [5.74, 6) is -0.973. The van der Waals surface area contributed by atoms with Crippen LogP contribution in [0.5, 0.6) is 0 Å². The van der Waals surface area contributed by atoms with Gasteiger partial charge in [-0.25, -0.2) is 12.7 Å². The van der Waals surface area contributed by atoms with Gasteiger partial charge in [-0.3, -0.25) is 4.79 Å². The minimum atomic E-state index is -3.45. The van der Waals surface area contributed by atoms with Crippen LogP contribution < -0.4 is 0 Å². The number of aryl methyl sites for hydroxylation is 1. The van der Waals surface area contributed by atoms with E-state index in [2.05, 4.69) is 0 Å². The number of carboxylic acid groups (broad SMARTS) is 1. The lowest BCUT2D eigenvalue weighted by Gasteiger charge is -2.37. The Morgan fingerprint density at radius 3 is 2.43 bits per heavy atom. The molecule has 0 saturated carbocycles. The molecule has 2 rings (SSSR count). The fourth-order valence-corrected chi connectivity index (χ4v) is 4.59. The molecule has 0 aromatic heterocycles. The van der Waals surface area contributed by atoms with Gasteiger partial charge in [-0.1, -0.05) is 24.3 Å². The molecule has 1 N–H and O–H groups in total. The van der Waals surface area contributed by atoms with E-state index in [1.165, 1.54) is 11.4 Å². The van der Waals surface area contributed by atoms with Gasteiger partial charge in [0.25, 0.3) is 0 Å². The van der Waals surface area contributed by atoms with Crippen LogP contribution in [-0.2, 0) is 25.3 Å². The highest BCUT2D eigenvalue weighted by atomic mass is 32.2. The van der Waals surface area contributed by atoms with Crippen molar-refractivity contribution < 1.29 is 23.1 Å². The summed E-state index contributed by atoms with van der Waals surface area (Å²) in [5.41, 5.74) is 0.732. The number of benzene rings is 1. The van der Waals surface area contributed by atoms with Gasteiger partial charge in [0.2, 0.25) is 10.0 Å². The number of methoxy groups -OCH3 is 1. The van der Waals surface area contributed by atoms with Gasteiger partial charge in [0.05, 0.1) is 17.8 Å². The zero-order valence-electron chi connectivity index (χ0n) is 13.5. The van der Waals surface area contributed by atoms with E-state index in [-0.39, 0.29) is 38.3 Å². The fraction of sp³-hybridized carbons (Fsp3) is 0.562. The Kier molecular flexibility index (Phi) is 5.44. The van der Waals surface area contributed by atoms with E-state index in [0.29, 0.717) is 0 Å². The average molecular weight is 341 g/mol. The monoisotopic (exact) mass is 341 g/mol. The minimum Gasteiger partial charge on any atom is -0.481 e. The summed E-state index contributed by atoms with van der Waals surface area (Å²) in [6, 6.07) is 7.39. The normalized spacial score (nSPS) is 18.7. The number of carbonyl (C=O) groups is 1. The van der Waals surface area contributed by atoms with Crippen molar-refractivity contribution in [2.45, 2.75) is 25.5 Å². The first-order valence-corrected chi connectivity index (χ1v) is 9.16. The van der Waals surface area contributed by atoms with Crippen LogP contribution in [0.4, 0.5) is 0 Å². The summed E-state index contributed by atoms with van der Waals surface area (Å²) in [4.78, 5) is 11.5. The first-order valence-electron chi connectivity index (χ1n) is 7.55. The van der Waals surface area contributed by atoms with Crippen LogP contribution in [0.25, 0.3) is 0 Å². The van der Waals surface area contributed by atoms with E-state index in [1.54, 1.807) is 0 Å². The largest absolute Gasteiger partial charge is 0.481 e. The molecule has 0 aliphatic carbocycles. The van der Waals surface area contributed by atoms with Crippen LogP contribution in [0.15, 0.2) is 24.3 Å². The van der Waals surface area contributed by atoms with Crippen molar-refractivity contribution in [3.05, 3.63) is 35.4 Å². The van der Waals surface area contributed by atoms with Gasteiger partial charge in [-0.05, 0) is 30.9 Å². The molecule has 1 aliphatic heterocycles. The molecule has 0 amide bonds. The Morgan fingerprint density at radius 2 is 1.91 bits per heavy atom. The maximum atomic E-state index is 12.6. The molecule has 1 aromatic carbocycles. The van der Waals surface area contributed by atoms with Gasteiger partial charge in [-0.15, -0.1) is 0 Å². The molecule has 0 unspecified atom stereocenters. The Hall–Kier alpha value is -1.44. The third-order valence-corrected chi connectivity index (χ3v) is 6.37. The van der Waals surface area contributed by atoms with Crippen LogP contribution >= 0.6 is 0 Å². The first-order chi connectivity index (χ1) is 10.8. The van der Waals surface area contributed by atoms with E-state index in [9.17, 15) is 18.3 Å². The Bertz CT molecular complexity index is 663. The quantitative estimate of drug-likeness (QED) is 0.850. The van der Waals surface area contributed by atoms with Crippen molar-refractivity contribution in [3.8, 4) is 0 Å². The number of hydrogen-bond acceptors (Lipinski definition) is 4. The molecular formula is C16H23NO5S. The number of carboxylic acids is 1. The molecule has 6 nitrogen and oxygen atoms in total. The van der Waals surface area contributed by atoms with Crippen LogP contribution in [0.1, 0.15) is 24.0 Å². The summed E-state index contributed by atoms with van der Waals surface area (Å²) in [6.07, 6.45) is 0.534. The molecule has 23 heavy (non-hydrogen) atoms. The van der Waals surface area contributed by atoms with E-state index in [1.807, 2.05) is 31.2 Å². The third kappa shape index (κ3) is 3.91. The van der Waals surface area contributed by atoms with Gasteiger partial charge in [0.1, 0.15) is 0 Å². The van der Waals surface area contributed by atoms with E-state index < -0.39 is 21.4 Å². The van der Waals surface area contributed by atoms with Crippen molar-refractivity contribution in [1.29, 1.82) is 0 Å². The average Bonchev–Trinajstić information content (AvgIpc) is 2.50. The van der Waals surface area contributed by atoms with Crippen LogP contribution in [0.2, 0.25) is 0 Å². The van der Waals surface area contributed by atoms with E-state index in [4.69, 9.17) is 4.74 Å². The van der Waals surface area contributed by atoms with Crippen LogP contribution in [-0.4, -0.2) is 50.6 Å². The summed E-state index contributed by atoms with van der Waals surface area (Å²) >= 11 is 0. The van der Waals surface area contributed by atoms with Crippen molar-refractivity contribution in [1.82, 2.24) is 4.31 Å². The van der Waals surface area contributed by atoms with Crippen molar-refractivity contribution in [2.24, 2.45) is 5.41 Å². The number of ether oxygens (including phenoxy) is 1. The third-order valence-electron chi connectivity index (χ3n) is 4.55. The molecule has 7 heteroatoms. The molecule has 1 heterocycles. The number of sulfonamides is 1. The second-order valence-electron chi connectivity index (χ2n) is 6.10. The van der Waals surface area contributed by atoms with Crippen molar-refractivity contribution in [3.63, 3.8) is 0 Å². The van der Waals surface area contributed by atoms with Crippen LogP contribution in [0, 0.1) is 12.3 Å². The molecule has 0 atom stereocenters. The maximum absolute atomic E-state index is 12.6. The van der Waals surface area contributed by atoms with Gasteiger partial charge >= 0.3 is 5.97 Å². The summed E-state index contributed by atoms with van der Waals surface area (Å²) in [7, 11) is -1.99. The van der Waals surface area contributed by atoms with Gasteiger partial charge < -0.3 is 9.84 Å². The van der Waals surface area contributed by atoms with Gasteiger partial charge in [0.15, 0.2) is 0 Å². The number of piperidine rings is 1. The SMILES string of the molecule is COCC1(C(=O)O)CCN(S(=O)(=O)Cc2ccccc2C)CC1. The Balaban J connectivity index is 2.09.